The standard InChI is InChI=1S/C19H19IN2O3S/c20-14-5-1-4-13(10-14)18(23)22-19(26)21-15-6-2-7-16(11-15)25-12-17-8-3-9-24-17/h1-2,4-7,10-11,17H,3,8-9,12H2,(H2,21,22,23,26). The third kappa shape index (κ3) is 5.65. The van der Waals surface area contributed by atoms with Crippen LogP contribution < -0.4 is 15.4 Å². The van der Waals surface area contributed by atoms with Gasteiger partial charge >= 0.3 is 0 Å². The highest BCUT2D eigenvalue weighted by Gasteiger charge is 2.16. The summed E-state index contributed by atoms with van der Waals surface area (Å²) in [6.45, 7) is 1.35. The molecule has 0 saturated carbocycles. The molecule has 1 aliphatic heterocycles. The molecule has 0 spiro atoms. The smallest absolute Gasteiger partial charge is 0.257 e. The summed E-state index contributed by atoms with van der Waals surface area (Å²) in [6, 6.07) is 14.8. The van der Waals surface area contributed by atoms with Crippen molar-refractivity contribution in [2.45, 2.75) is 18.9 Å². The van der Waals surface area contributed by atoms with Crippen LogP contribution in [-0.4, -0.2) is 30.3 Å². The molecule has 0 bridgehead atoms. The highest BCUT2D eigenvalue weighted by Crippen LogP contribution is 2.19. The molecule has 2 N–H and O–H groups in total. The molecule has 26 heavy (non-hydrogen) atoms. The summed E-state index contributed by atoms with van der Waals surface area (Å²) in [5.41, 5.74) is 1.32. The monoisotopic (exact) mass is 482 g/mol. The maximum atomic E-state index is 12.2. The van der Waals surface area contributed by atoms with Crippen molar-refractivity contribution in [3.63, 3.8) is 0 Å². The van der Waals surface area contributed by atoms with Crippen molar-refractivity contribution in [3.05, 3.63) is 57.7 Å². The molecule has 136 valence electrons. The molecular formula is C19H19IN2O3S. The highest BCUT2D eigenvalue weighted by molar-refractivity contribution is 14.1. The Labute approximate surface area is 171 Å². The molecule has 7 heteroatoms. The average Bonchev–Trinajstić information content (AvgIpc) is 3.14. The maximum absolute atomic E-state index is 12.2. The number of rotatable bonds is 5. The molecule has 1 aliphatic rings. The van der Waals surface area contributed by atoms with Crippen LogP contribution in [-0.2, 0) is 4.74 Å². The van der Waals surface area contributed by atoms with Crippen LogP contribution in [0.25, 0.3) is 0 Å². The molecule has 1 unspecified atom stereocenters. The fourth-order valence-electron chi connectivity index (χ4n) is 2.60. The largest absolute Gasteiger partial charge is 0.491 e. The number of thiocarbonyl (C=S) groups is 1. The van der Waals surface area contributed by atoms with Gasteiger partial charge in [-0.1, -0.05) is 12.1 Å². The van der Waals surface area contributed by atoms with Crippen LogP contribution in [0.3, 0.4) is 0 Å². The van der Waals surface area contributed by atoms with E-state index < -0.39 is 0 Å². The van der Waals surface area contributed by atoms with Crippen molar-refractivity contribution in [2.75, 3.05) is 18.5 Å². The van der Waals surface area contributed by atoms with E-state index in [4.69, 9.17) is 21.7 Å². The zero-order valence-electron chi connectivity index (χ0n) is 14.0. The van der Waals surface area contributed by atoms with E-state index in [-0.39, 0.29) is 17.1 Å². The lowest BCUT2D eigenvalue weighted by molar-refractivity contribution is 0.0680. The van der Waals surface area contributed by atoms with Crippen molar-refractivity contribution in [2.24, 2.45) is 0 Å². The second kappa shape index (κ2) is 9.29. The second-order valence-electron chi connectivity index (χ2n) is 5.89. The SMILES string of the molecule is O=C(NC(=S)Nc1cccc(OCC2CCCO2)c1)c1cccc(I)c1. The van der Waals surface area contributed by atoms with E-state index in [2.05, 4.69) is 33.2 Å². The van der Waals surface area contributed by atoms with Crippen LogP contribution in [0, 0.1) is 3.57 Å². The Balaban J connectivity index is 1.53. The molecule has 1 fully saturated rings. The van der Waals surface area contributed by atoms with Crippen molar-refractivity contribution in [1.29, 1.82) is 0 Å². The Hall–Kier alpha value is -1.71. The number of carbonyl (C=O) groups excluding carboxylic acids is 1. The minimum atomic E-state index is -0.244. The van der Waals surface area contributed by atoms with Gasteiger partial charge in [-0.15, -0.1) is 0 Å². The van der Waals surface area contributed by atoms with Crippen molar-refractivity contribution in [1.82, 2.24) is 5.32 Å². The normalized spacial score (nSPS) is 16.1. The summed E-state index contributed by atoms with van der Waals surface area (Å²) >= 11 is 7.40. The van der Waals surface area contributed by atoms with Crippen molar-refractivity contribution < 1.29 is 14.3 Å². The van der Waals surface area contributed by atoms with Gasteiger partial charge in [0.25, 0.3) is 5.91 Å². The molecule has 1 amide bonds. The fourth-order valence-corrected chi connectivity index (χ4v) is 3.35. The van der Waals surface area contributed by atoms with Gasteiger partial charge in [0, 0.05) is 27.5 Å². The lowest BCUT2D eigenvalue weighted by Crippen LogP contribution is -2.34. The molecule has 5 nitrogen and oxygen atoms in total. The van der Waals surface area contributed by atoms with E-state index in [1.807, 2.05) is 36.4 Å². The van der Waals surface area contributed by atoms with Gasteiger partial charge in [0.15, 0.2) is 5.11 Å². The van der Waals surface area contributed by atoms with Crippen LogP contribution >= 0.6 is 34.8 Å². The number of anilines is 1. The zero-order valence-corrected chi connectivity index (χ0v) is 17.0. The zero-order chi connectivity index (χ0) is 18.4. The Morgan fingerprint density at radius 1 is 1.27 bits per heavy atom. The predicted molar refractivity (Wildman–Crippen MR) is 114 cm³/mol. The van der Waals surface area contributed by atoms with E-state index in [0.717, 1.165) is 34.5 Å². The molecule has 0 radical (unpaired) electrons. The minimum Gasteiger partial charge on any atom is -0.491 e. The van der Waals surface area contributed by atoms with E-state index in [9.17, 15) is 4.79 Å². The van der Waals surface area contributed by atoms with Gasteiger partial charge in [-0.2, -0.15) is 0 Å². The molecule has 1 atom stereocenters. The summed E-state index contributed by atoms with van der Waals surface area (Å²) < 4.78 is 12.3. The molecule has 3 rings (SSSR count). The van der Waals surface area contributed by atoms with Gasteiger partial charge in [-0.05, 0) is 78.0 Å². The topological polar surface area (TPSA) is 59.6 Å². The van der Waals surface area contributed by atoms with Gasteiger partial charge in [0.05, 0.1) is 6.10 Å². The maximum Gasteiger partial charge on any atom is 0.257 e. The van der Waals surface area contributed by atoms with Crippen molar-refractivity contribution >= 4 is 51.5 Å². The summed E-state index contributed by atoms with van der Waals surface area (Å²) in [5.74, 6) is 0.490. The van der Waals surface area contributed by atoms with Crippen LogP contribution in [0.1, 0.15) is 23.2 Å². The number of ether oxygens (including phenoxy) is 2. The summed E-state index contributed by atoms with van der Waals surface area (Å²) in [7, 11) is 0. The lowest BCUT2D eigenvalue weighted by Gasteiger charge is -2.13. The number of hydrogen-bond donors (Lipinski definition) is 2. The third-order valence-corrected chi connectivity index (χ3v) is 4.74. The first-order valence-electron chi connectivity index (χ1n) is 8.32. The molecule has 0 aliphatic carbocycles. The highest BCUT2D eigenvalue weighted by atomic mass is 127. The van der Waals surface area contributed by atoms with Crippen LogP contribution in [0.5, 0.6) is 5.75 Å². The Bertz CT molecular complexity index is 794. The Morgan fingerprint density at radius 3 is 2.88 bits per heavy atom. The van der Waals surface area contributed by atoms with Gasteiger partial charge in [0.1, 0.15) is 12.4 Å². The Kier molecular flexibility index (Phi) is 6.81. The lowest BCUT2D eigenvalue weighted by atomic mass is 10.2. The van der Waals surface area contributed by atoms with Crippen LogP contribution in [0.2, 0.25) is 0 Å². The molecule has 2 aromatic rings. The summed E-state index contributed by atoms with van der Waals surface area (Å²) in [6.07, 6.45) is 2.29. The van der Waals surface area contributed by atoms with E-state index in [0.29, 0.717) is 12.2 Å². The molecule has 2 aromatic carbocycles. The number of benzene rings is 2. The van der Waals surface area contributed by atoms with Crippen LogP contribution in [0.4, 0.5) is 5.69 Å². The predicted octanol–water partition coefficient (Wildman–Crippen LogP) is 3.98. The van der Waals surface area contributed by atoms with E-state index in [1.165, 1.54) is 0 Å². The fraction of sp³-hybridized carbons (Fsp3) is 0.263. The Morgan fingerprint density at radius 2 is 2.12 bits per heavy atom. The molecule has 0 aromatic heterocycles. The third-order valence-electron chi connectivity index (χ3n) is 3.87. The molecule has 1 heterocycles. The van der Waals surface area contributed by atoms with Crippen LogP contribution in [0.15, 0.2) is 48.5 Å². The summed E-state index contributed by atoms with van der Waals surface area (Å²) in [4.78, 5) is 12.2. The van der Waals surface area contributed by atoms with Gasteiger partial charge in [-0.25, -0.2) is 0 Å². The number of nitrogens with one attached hydrogen (secondary N) is 2. The van der Waals surface area contributed by atoms with Gasteiger partial charge in [0.2, 0.25) is 0 Å². The molecule has 1 saturated heterocycles. The second-order valence-corrected chi connectivity index (χ2v) is 7.55. The van der Waals surface area contributed by atoms with Gasteiger partial charge in [-0.3, -0.25) is 10.1 Å². The number of carbonyl (C=O) groups is 1. The quantitative estimate of drug-likeness (QED) is 0.499. The summed E-state index contributed by atoms with van der Waals surface area (Å²) in [5, 5.41) is 5.94. The van der Waals surface area contributed by atoms with Crippen molar-refractivity contribution in [3.8, 4) is 5.75 Å². The first kappa shape index (κ1) is 19.1. The molecular weight excluding hydrogens is 463 g/mol. The first-order valence-corrected chi connectivity index (χ1v) is 9.81. The van der Waals surface area contributed by atoms with E-state index >= 15 is 0 Å². The number of hydrogen-bond acceptors (Lipinski definition) is 4. The first-order chi connectivity index (χ1) is 12.6. The minimum absolute atomic E-state index is 0.167. The van der Waals surface area contributed by atoms with E-state index in [1.54, 1.807) is 12.1 Å². The number of amides is 1. The number of halogens is 1. The average molecular weight is 482 g/mol. The van der Waals surface area contributed by atoms with Gasteiger partial charge < -0.3 is 14.8 Å².